The highest BCUT2D eigenvalue weighted by Gasteiger charge is 2.38. The third-order valence-electron chi connectivity index (χ3n) is 3.76. The number of nitrogens with one attached hydrogen (secondary N) is 2. The van der Waals surface area contributed by atoms with Crippen LogP contribution in [0.4, 0.5) is 13.2 Å². The lowest BCUT2D eigenvalue weighted by molar-refractivity contribution is -0.192. The number of hydrogen-bond acceptors (Lipinski definition) is 5. The van der Waals surface area contributed by atoms with Gasteiger partial charge in [0.05, 0.1) is 11.6 Å². The summed E-state index contributed by atoms with van der Waals surface area (Å²) in [5.74, 6) is -4.53. The first kappa shape index (κ1) is 22.4. The van der Waals surface area contributed by atoms with Crippen LogP contribution in [-0.2, 0) is 22.6 Å². The molecule has 4 N–H and O–H groups in total. The number of carboxylic acid groups (broad SMARTS) is 2. The van der Waals surface area contributed by atoms with E-state index in [1.54, 1.807) is 13.0 Å². The summed E-state index contributed by atoms with van der Waals surface area (Å²) < 4.78 is 31.7. The molecule has 0 aromatic carbocycles. The summed E-state index contributed by atoms with van der Waals surface area (Å²) in [5.41, 5.74) is 2.40. The van der Waals surface area contributed by atoms with Crippen molar-refractivity contribution < 1.29 is 37.8 Å². The molecule has 11 heteroatoms. The summed E-state index contributed by atoms with van der Waals surface area (Å²) in [6.07, 6.45) is -3.68. The number of aliphatic carboxylic acids is 2. The van der Waals surface area contributed by atoms with Gasteiger partial charge in [-0.15, -0.1) is 0 Å². The largest absolute Gasteiger partial charge is 0.490 e. The third-order valence-corrected chi connectivity index (χ3v) is 3.76. The van der Waals surface area contributed by atoms with Crippen LogP contribution < -0.4 is 10.6 Å². The molecule has 150 valence electrons. The fourth-order valence-electron chi connectivity index (χ4n) is 2.18. The van der Waals surface area contributed by atoms with E-state index in [0.717, 1.165) is 24.2 Å². The zero-order valence-corrected chi connectivity index (χ0v) is 14.5. The predicted molar refractivity (Wildman–Crippen MR) is 87.1 cm³/mol. The van der Waals surface area contributed by atoms with Crippen molar-refractivity contribution in [1.82, 2.24) is 15.6 Å². The van der Waals surface area contributed by atoms with Crippen LogP contribution in [0.1, 0.15) is 35.1 Å². The van der Waals surface area contributed by atoms with E-state index in [4.69, 9.17) is 15.0 Å². The molecule has 2 heterocycles. The Labute approximate surface area is 152 Å². The molecule has 0 aliphatic carbocycles. The van der Waals surface area contributed by atoms with Crippen LogP contribution in [-0.4, -0.2) is 52.3 Å². The van der Waals surface area contributed by atoms with E-state index in [2.05, 4.69) is 15.6 Å². The van der Waals surface area contributed by atoms with Crippen LogP contribution in [0.3, 0.4) is 0 Å². The van der Waals surface area contributed by atoms with Gasteiger partial charge in [-0.1, -0.05) is 13.0 Å². The average molecular weight is 391 g/mol. The van der Waals surface area contributed by atoms with Crippen molar-refractivity contribution in [3.05, 3.63) is 29.1 Å². The van der Waals surface area contributed by atoms with Crippen LogP contribution >= 0.6 is 0 Å². The lowest BCUT2D eigenvalue weighted by atomic mass is 10.1. The molecule has 8 nitrogen and oxygen atoms in total. The van der Waals surface area contributed by atoms with E-state index < -0.39 is 24.0 Å². The second-order valence-corrected chi connectivity index (χ2v) is 5.69. The van der Waals surface area contributed by atoms with E-state index in [0.29, 0.717) is 18.7 Å². The van der Waals surface area contributed by atoms with Gasteiger partial charge in [-0.25, -0.2) is 9.78 Å². The highest BCUT2D eigenvalue weighted by atomic mass is 19.4. The average Bonchev–Trinajstić information content (AvgIpc) is 2.61. The van der Waals surface area contributed by atoms with E-state index in [1.165, 1.54) is 0 Å². The van der Waals surface area contributed by atoms with Gasteiger partial charge in [0.15, 0.2) is 0 Å². The molecule has 0 spiro atoms. The molecule has 1 aliphatic rings. The molecule has 1 aliphatic heterocycles. The zero-order chi connectivity index (χ0) is 20.6. The Morgan fingerprint density at radius 2 is 1.93 bits per heavy atom. The van der Waals surface area contributed by atoms with Crippen LogP contribution in [0.5, 0.6) is 0 Å². The van der Waals surface area contributed by atoms with Crippen LogP contribution in [0, 0.1) is 5.92 Å². The van der Waals surface area contributed by atoms with Crippen LogP contribution in [0.25, 0.3) is 0 Å². The van der Waals surface area contributed by atoms with Crippen molar-refractivity contribution in [2.45, 2.75) is 32.5 Å². The summed E-state index contributed by atoms with van der Waals surface area (Å²) in [6, 6.07) is 3.62. The zero-order valence-electron chi connectivity index (χ0n) is 14.5. The molecule has 0 fully saturated rings. The van der Waals surface area contributed by atoms with E-state index >= 15 is 0 Å². The molecular weight excluding hydrogens is 371 g/mol. The maximum absolute atomic E-state index is 12.0. The fraction of sp³-hybridized carbons (Fsp3) is 0.500. The maximum Gasteiger partial charge on any atom is 0.490 e. The Morgan fingerprint density at radius 3 is 2.44 bits per heavy atom. The molecule has 0 radical (unpaired) electrons. The molecule has 1 unspecified atom stereocenters. The summed E-state index contributed by atoms with van der Waals surface area (Å²) >= 11 is 0. The van der Waals surface area contributed by atoms with E-state index in [1.807, 2.05) is 6.07 Å². The fourth-order valence-corrected chi connectivity index (χ4v) is 2.18. The Kier molecular flexibility index (Phi) is 8.16. The Bertz CT molecular complexity index is 694. The Morgan fingerprint density at radius 1 is 1.30 bits per heavy atom. The molecular formula is C16H20F3N3O5. The van der Waals surface area contributed by atoms with E-state index in [-0.39, 0.29) is 12.5 Å². The minimum atomic E-state index is -5.08. The molecule has 1 amide bonds. The molecule has 1 aromatic rings. The van der Waals surface area contributed by atoms with Gasteiger partial charge in [0.2, 0.25) is 0 Å². The van der Waals surface area contributed by atoms with Gasteiger partial charge in [-0.2, -0.15) is 13.2 Å². The highest BCUT2D eigenvalue weighted by Crippen LogP contribution is 2.13. The number of aromatic nitrogens is 1. The standard InChI is InChI=1S/C14H19N3O3.C2HF3O2/c1-2-9(14(19)20)7-16-13(18)11-4-3-10-5-6-15-8-12(10)17-11;3-2(4,5)1(6)7/h3-4,9,15H,2,5-8H2,1H3,(H,16,18)(H,19,20);(H,6,7). The summed E-state index contributed by atoms with van der Waals surface area (Å²) in [4.78, 5) is 36.1. The van der Waals surface area contributed by atoms with Crippen molar-refractivity contribution >= 4 is 17.8 Å². The van der Waals surface area contributed by atoms with Crippen LogP contribution in [0.15, 0.2) is 12.1 Å². The SMILES string of the molecule is CCC(CNC(=O)c1ccc2c(n1)CNCC2)C(=O)O.O=C(O)C(F)(F)F. The molecule has 0 bridgehead atoms. The number of carboxylic acids is 2. The molecule has 27 heavy (non-hydrogen) atoms. The molecule has 0 saturated carbocycles. The summed E-state index contributed by atoms with van der Waals surface area (Å²) in [5, 5.41) is 21.9. The highest BCUT2D eigenvalue weighted by molar-refractivity contribution is 5.92. The van der Waals surface area contributed by atoms with E-state index in [9.17, 15) is 22.8 Å². The minimum Gasteiger partial charge on any atom is -0.481 e. The number of halogens is 3. The summed E-state index contributed by atoms with van der Waals surface area (Å²) in [7, 11) is 0. The van der Waals surface area contributed by atoms with Crippen molar-refractivity contribution in [3.63, 3.8) is 0 Å². The third kappa shape index (κ3) is 7.21. The number of rotatable bonds is 5. The lowest BCUT2D eigenvalue weighted by Crippen LogP contribution is -2.33. The van der Waals surface area contributed by atoms with Gasteiger partial charge in [-0.3, -0.25) is 9.59 Å². The van der Waals surface area contributed by atoms with Crippen molar-refractivity contribution in [3.8, 4) is 0 Å². The van der Waals surface area contributed by atoms with Crippen molar-refractivity contribution in [2.75, 3.05) is 13.1 Å². The first-order valence-electron chi connectivity index (χ1n) is 8.06. The molecule has 1 aromatic heterocycles. The molecule has 2 rings (SSSR count). The Hall–Kier alpha value is -2.69. The number of hydrogen-bond donors (Lipinski definition) is 4. The second-order valence-electron chi connectivity index (χ2n) is 5.69. The monoisotopic (exact) mass is 391 g/mol. The number of carbonyl (C=O) groups is 3. The van der Waals surface area contributed by atoms with Gasteiger partial charge >= 0.3 is 18.1 Å². The van der Waals surface area contributed by atoms with Gasteiger partial charge in [-0.05, 0) is 31.0 Å². The number of nitrogens with zero attached hydrogens (tertiary/aromatic N) is 1. The maximum atomic E-state index is 12.0. The van der Waals surface area contributed by atoms with Crippen molar-refractivity contribution in [1.29, 1.82) is 0 Å². The minimum absolute atomic E-state index is 0.127. The second kappa shape index (κ2) is 9.86. The van der Waals surface area contributed by atoms with Crippen LogP contribution in [0.2, 0.25) is 0 Å². The number of pyridine rings is 1. The van der Waals surface area contributed by atoms with Gasteiger partial charge in [0, 0.05) is 13.1 Å². The van der Waals surface area contributed by atoms with Gasteiger partial charge in [0.1, 0.15) is 5.69 Å². The molecule has 1 atom stereocenters. The number of amides is 1. The lowest BCUT2D eigenvalue weighted by Gasteiger charge is -2.17. The normalized spacial score (nSPS) is 14.2. The quantitative estimate of drug-likeness (QED) is 0.594. The van der Waals surface area contributed by atoms with Gasteiger partial charge in [0.25, 0.3) is 5.91 Å². The van der Waals surface area contributed by atoms with Gasteiger partial charge < -0.3 is 20.8 Å². The smallest absolute Gasteiger partial charge is 0.481 e. The Balaban J connectivity index is 0.000000445. The summed E-state index contributed by atoms with van der Waals surface area (Å²) in [6.45, 7) is 3.51. The number of alkyl halides is 3. The first-order valence-corrected chi connectivity index (χ1v) is 8.06. The predicted octanol–water partition coefficient (Wildman–Crippen LogP) is 1.20. The molecule has 0 saturated heterocycles. The number of fused-ring (bicyclic) bond motifs is 1. The van der Waals surface area contributed by atoms with Crippen molar-refractivity contribution in [2.24, 2.45) is 5.92 Å². The number of carbonyl (C=O) groups excluding carboxylic acids is 1. The topological polar surface area (TPSA) is 129 Å². The first-order chi connectivity index (χ1) is 12.6.